The maximum Gasteiger partial charge on any atom is 0.161 e. The molecule has 0 saturated heterocycles. The zero-order valence-corrected chi connectivity index (χ0v) is 7.61. The van der Waals surface area contributed by atoms with Gasteiger partial charge in [0.1, 0.15) is 5.75 Å². The SMILES string of the molecule is C/C=C/c1cc(OC)c(O)cc1O. The maximum absolute atomic E-state index is 9.38. The summed E-state index contributed by atoms with van der Waals surface area (Å²) >= 11 is 0. The molecule has 13 heavy (non-hydrogen) atoms. The Morgan fingerprint density at radius 3 is 2.46 bits per heavy atom. The Morgan fingerprint density at radius 2 is 1.92 bits per heavy atom. The van der Waals surface area contributed by atoms with Crippen LogP contribution in [-0.4, -0.2) is 17.3 Å². The van der Waals surface area contributed by atoms with E-state index in [-0.39, 0.29) is 11.5 Å². The number of aromatic hydroxyl groups is 2. The standard InChI is InChI=1S/C10H12O3/c1-3-4-7-5-10(13-2)9(12)6-8(7)11/h3-6,11-12H,1-2H3/b4-3+. The molecule has 0 aliphatic heterocycles. The van der Waals surface area contributed by atoms with Crippen LogP contribution in [0.4, 0.5) is 0 Å². The number of hydrogen-bond donors (Lipinski definition) is 2. The molecule has 0 bridgehead atoms. The number of benzene rings is 1. The third-order valence-electron chi connectivity index (χ3n) is 1.67. The number of rotatable bonds is 2. The van der Waals surface area contributed by atoms with Crippen LogP contribution in [0.15, 0.2) is 18.2 Å². The van der Waals surface area contributed by atoms with Crippen LogP contribution in [0, 0.1) is 0 Å². The lowest BCUT2D eigenvalue weighted by Gasteiger charge is -2.05. The van der Waals surface area contributed by atoms with Gasteiger partial charge in [-0.15, -0.1) is 0 Å². The number of hydrogen-bond acceptors (Lipinski definition) is 3. The van der Waals surface area contributed by atoms with Crippen molar-refractivity contribution in [1.82, 2.24) is 0 Å². The molecular formula is C10H12O3. The molecule has 0 heterocycles. The first-order valence-corrected chi connectivity index (χ1v) is 3.91. The van der Waals surface area contributed by atoms with Gasteiger partial charge in [0, 0.05) is 11.6 Å². The molecule has 0 fully saturated rings. The van der Waals surface area contributed by atoms with Crippen molar-refractivity contribution in [2.75, 3.05) is 7.11 Å². The maximum atomic E-state index is 9.38. The summed E-state index contributed by atoms with van der Waals surface area (Å²) in [4.78, 5) is 0. The molecule has 1 aromatic carbocycles. The van der Waals surface area contributed by atoms with Crippen molar-refractivity contribution in [1.29, 1.82) is 0 Å². The van der Waals surface area contributed by atoms with Crippen molar-refractivity contribution in [3.63, 3.8) is 0 Å². The normalized spacial score (nSPS) is 10.6. The highest BCUT2D eigenvalue weighted by molar-refractivity contribution is 5.62. The summed E-state index contributed by atoms with van der Waals surface area (Å²) in [7, 11) is 1.46. The molecule has 0 radical (unpaired) electrons. The molecule has 0 atom stereocenters. The summed E-state index contributed by atoms with van der Waals surface area (Å²) in [5.41, 5.74) is 0.622. The largest absolute Gasteiger partial charge is 0.507 e. The van der Waals surface area contributed by atoms with E-state index in [4.69, 9.17) is 4.74 Å². The summed E-state index contributed by atoms with van der Waals surface area (Å²) in [5, 5.41) is 18.7. The molecule has 0 aliphatic rings. The van der Waals surface area contributed by atoms with Crippen molar-refractivity contribution in [2.24, 2.45) is 0 Å². The molecule has 1 rings (SSSR count). The average Bonchev–Trinajstić information content (AvgIpc) is 2.10. The summed E-state index contributed by atoms with van der Waals surface area (Å²) in [6, 6.07) is 2.83. The van der Waals surface area contributed by atoms with Crippen molar-refractivity contribution in [2.45, 2.75) is 6.92 Å². The minimum absolute atomic E-state index is 0.0383. The Kier molecular flexibility index (Phi) is 2.80. The van der Waals surface area contributed by atoms with Crippen LogP contribution in [0.3, 0.4) is 0 Å². The number of allylic oxidation sites excluding steroid dienone is 1. The van der Waals surface area contributed by atoms with E-state index >= 15 is 0 Å². The molecule has 0 aromatic heterocycles. The van der Waals surface area contributed by atoms with Gasteiger partial charge in [-0.3, -0.25) is 0 Å². The fourth-order valence-electron chi connectivity index (χ4n) is 1.05. The van der Waals surface area contributed by atoms with Gasteiger partial charge in [0.15, 0.2) is 11.5 Å². The van der Waals surface area contributed by atoms with Gasteiger partial charge in [0.25, 0.3) is 0 Å². The van der Waals surface area contributed by atoms with Gasteiger partial charge in [-0.1, -0.05) is 12.2 Å². The van der Waals surface area contributed by atoms with E-state index in [1.54, 1.807) is 18.2 Å². The monoisotopic (exact) mass is 180 g/mol. The van der Waals surface area contributed by atoms with E-state index < -0.39 is 0 Å². The third kappa shape index (κ3) is 1.93. The van der Waals surface area contributed by atoms with E-state index in [0.717, 1.165) is 0 Å². The molecule has 0 amide bonds. The first kappa shape index (κ1) is 9.45. The molecule has 0 saturated carbocycles. The lowest BCUT2D eigenvalue weighted by molar-refractivity contribution is 0.369. The van der Waals surface area contributed by atoms with Crippen molar-refractivity contribution >= 4 is 6.08 Å². The van der Waals surface area contributed by atoms with Crippen LogP contribution in [0.2, 0.25) is 0 Å². The van der Waals surface area contributed by atoms with Crippen molar-refractivity contribution in [3.8, 4) is 17.2 Å². The Hall–Kier alpha value is -1.64. The molecule has 0 spiro atoms. The smallest absolute Gasteiger partial charge is 0.161 e. The second-order valence-corrected chi connectivity index (χ2v) is 2.58. The first-order valence-electron chi connectivity index (χ1n) is 3.91. The van der Waals surface area contributed by atoms with Crippen molar-refractivity contribution in [3.05, 3.63) is 23.8 Å². The quantitative estimate of drug-likeness (QED) is 0.733. The Bertz CT molecular complexity index is 329. The molecular weight excluding hydrogens is 168 g/mol. The predicted octanol–water partition coefficient (Wildman–Crippen LogP) is 2.14. The highest BCUT2D eigenvalue weighted by atomic mass is 16.5. The minimum Gasteiger partial charge on any atom is -0.507 e. The Balaban J connectivity index is 3.22. The van der Waals surface area contributed by atoms with E-state index in [0.29, 0.717) is 11.3 Å². The molecule has 1 aromatic rings. The molecule has 0 unspecified atom stereocenters. The summed E-state index contributed by atoms with van der Waals surface area (Å²) < 4.78 is 4.89. The van der Waals surface area contributed by atoms with Crippen LogP contribution < -0.4 is 4.74 Å². The summed E-state index contributed by atoms with van der Waals surface area (Å²) in [6.45, 7) is 1.85. The van der Waals surface area contributed by atoms with E-state index in [9.17, 15) is 10.2 Å². The van der Waals surface area contributed by atoms with Gasteiger partial charge in [0.05, 0.1) is 7.11 Å². The second-order valence-electron chi connectivity index (χ2n) is 2.58. The minimum atomic E-state index is -0.0618. The van der Waals surface area contributed by atoms with Gasteiger partial charge in [0.2, 0.25) is 0 Å². The third-order valence-corrected chi connectivity index (χ3v) is 1.67. The van der Waals surface area contributed by atoms with Gasteiger partial charge >= 0.3 is 0 Å². The fourth-order valence-corrected chi connectivity index (χ4v) is 1.05. The lowest BCUT2D eigenvalue weighted by Crippen LogP contribution is -1.85. The number of methoxy groups -OCH3 is 1. The van der Waals surface area contributed by atoms with Gasteiger partial charge in [-0.2, -0.15) is 0 Å². The number of ether oxygens (including phenoxy) is 1. The molecule has 3 heteroatoms. The Morgan fingerprint density at radius 1 is 1.23 bits per heavy atom. The van der Waals surface area contributed by atoms with Crippen molar-refractivity contribution < 1.29 is 14.9 Å². The fraction of sp³-hybridized carbons (Fsp3) is 0.200. The van der Waals surface area contributed by atoms with Crippen LogP contribution in [0.1, 0.15) is 12.5 Å². The zero-order chi connectivity index (χ0) is 9.84. The summed E-state index contributed by atoms with van der Waals surface area (Å²) in [5.74, 6) is 0.329. The molecule has 2 N–H and O–H groups in total. The predicted molar refractivity (Wildman–Crippen MR) is 51.0 cm³/mol. The Labute approximate surface area is 76.9 Å². The lowest BCUT2D eigenvalue weighted by atomic mass is 10.1. The van der Waals surface area contributed by atoms with E-state index in [1.807, 2.05) is 6.92 Å². The topological polar surface area (TPSA) is 49.7 Å². The van der Waals surface area contributed by atoms with Crippen LogP contribution in [0.25, 0.3) is 6.08 Å². The zero-order valence-electron chi connectivity index (χ0n) is 7.61. The second kappa shape index (κ2) is 3.85. The van der Waals surface area contributed by atoms with Crippen LogP contribution in [0.5, 0.6) is 17.2 Å². The first-order chi connectivity index (χ1) is 6.19. The highest BCUT2D eigenvalue weighted by Crippen LogP contribution is 2.33. The van der Waals surface area contributed by atoms with Gasteiger partial charge in [-0.25, -0.2) is 0 Å². The van der Waals surface area contributed by atoms with E-state index in [1.165, 1.54) is 13.2 Å². The average molecular weight is 180 g/mol. The highest BCUT2D eigenvalue weighted by Gasteiger charge is 2.05. The van der Waals surface area contributed by atoms with Crippen LogP contribution in [-0.2, 0) is 0 Å². The number of phenolic OH excluding ortho intramolecular Hbond substituents is 2. The van der Waals surface area contributed by atoms with Crippen LogP contribution >= 0.6 is 0 Å². The molecule has 70 valence electrons. The molecule has 0 aliphatic carbocycles. The molecule has 3 nitrogen and oxygen atoms in total. The van der Waals surface area contributed by atoms with Gasteiger partial charge < -0.3 is 14.9 Å². The van der Waals surface area contributed by atoms with Gasteiger partial charge in [-0.05, 0) is 13.0 Å². The summed E-state index contributed by atoms with van der Waals surface area (Å²) in [6.07, 6.45) is 3.53. The number of phenols is 2. The van der Waals surface area contributed by atoms with E-state index in [2.05, 4.69) is 0 Å².